The summed E-state index contributed by atoms with van der Waals surface area (Å²) >= 11 is 0. The second-order valence-corrected chi connectivity index (χ2v) is 3.24. The second-order valence-electron chi connectivity index (χ2n) is 3.24. The first-order chi connectivity index (χ1) is 7.29. The number of hydrogen-bond donors (Lipinski definition) is 2. The van der Waals surface area contributed by atoms with Gasteiger partial charge in [0.2, 0.25) is 0 Å². The Morgan fingerprint density at radius 2 is 2.13 bits per heavy atom. The van der Waals surface area contributed by atoms with Crippen LogP contribution in [0.2, 0.25) is 0 Å². The molecule has 0 aromatic heterocycles. The van der Waals surface area contributed by atoms with Crippen LogP contribution in [0.1, 0.15) is 5.56 Å². The van der Waals surface area contributed by atoms with Gasteiger partial charge in [0.1, 0.15) is 6.54 Å². The van der Waals surface area contributed by atoms with Gasteiger partial charge in [-0.1, -0.05) is 6.07 Å². The monoisotopic (exact) mass is 212 g/mol. The van der Waals surface area contributed by atoms with Crippen molar-refractivity contribution in [1.29, 1.82) is 0 Å². The van der Waals surface area contributed by atoms with E-state index in [1.807, 2.05) is 12.1 Å². The number of para-hydroxylation sites is 1. The summed E-state index contributed by atoms with van der Waals surface area (Å²) < 4.78 is 9.96. The molecule has 0 spiro atoms. The molecule has 1 rings (SSSR count). The molecule has 0 unspecified atom stereocenters. The lowest BCUT2D eigenvalue weighted by atomic mass is 10.2. The molecule has 15 heavy (non-hydrogen) atoms. The maximum absolute atomic E-state index is 9.77. The van der Waals surface area contributed by atoms with E-state index in [-0.39, 0.29) is 5.75 Å². The minimum atomic E-state index is 0.230. The average Bonchev–Trinajstić information content (AvgIpc) is 2.26. The van der Waals surface area contributed by atoms with Crippen LogP contribution in [-0.4, -0.2) is 32.5 Å². The zero-order valence-corrected chi connectivity index (χ0v) is 9.19. The van der Waals surface area contributed by atoms with E-state index in [2.05, 4.69) is 5.32 Å². The molecule has 0 saturated carbocycles. The third kappa shape index (κ3) is 3.42. The quantitative estimate of drug-likeness (QED) is 0.658. The van der Waals surface area contributed by atoms with Crippen molar-refractivity contribution in [2.45, 2.75) is 6.54 Å². The predicted octanol–water partition coefficient (Wildman–Crippen LogP) is 0.111. The highest BCUT2D eigenvalue weighted by Gasteiger charge is 2.07. The van der Waals surface area contributed by atoms with E-state index in [1.165, 1.54) is 0 Å². The third-order valence-electron chi connectivity index (χ3n) is 2.19. The Morgan fingerprint density at radius 3 is 2.80 bits per heavy atom. The van der Waals surface area contributed by atoms with E-state index in [1.54, 1.807) is 20.3 Å². The lowest BCUT2D eigenvalue weighted by Crippen LogP contribution is -2.83. The van der Waals surface area contributed by atoms with E-state index < -0.39 is 0 Å². The van der Waals surface area contributed by atoms with Crippen molar-refractivity contribution in [3.05, 3.63) is 23.8 Å². The van der Waals surface area contributed by atoms with Crippen molar-refractivity contribution in [1.82, 2.24) is 0 Å². The predicted molar refractivity (Wildman–Crippen MR) is 57.0 cm³/mol. The lowest BCUT2D eigenvalue weighted by Gasteiger charge is -2.07. The van der Waals surface area contributed by atoms with Gasteiger partial charge in [0.15, 0.2) is 11.5 Å². The van der Waals surface area contributed by atoms with E-state index in [0.717, 1.165) is 18.7 Å². The van der Waals surface area contributed by atoms with Crippen molar-refractivity contribution in [2.75, 3.05) is 27.4 Å². The van der Waals surface area contributed by atoms with Crippen LogP contribution in [0.15, 0.2) is 18.2 Å². The zero-order valence-electron chi connectivity index (χ0n) is 9.19. The highest BCUT2D eigenvalue weighted by atomic mass is 16.5. The molecule has 0 bridgehead atoms. The van der Waals surface area contributed by atoms with Crippen LogP contribution >= 0.6 is 0 Å². The molecule has 1 aromatic carbocycles. The van der Waals surface area contributed by atoms with E-state index in [9.17, 15) is 5.11 Å². The van der Waals surface area contributed by atoms with Gasteiger partial charge in [-0.15, -0.1) is 0 Å². The maximum atomic E-state index is 9.77. The summed E-state index contributed by atoms with van der Waals surface area (Å²) in [5.41, 5.74) is 0.880. The number of methoxy groups -OCH3 is 2. The summed E-state index contributed by atoms with van der Waals surface area (Å²) in [6.07, 6.45) is 0. The number of phenols is 1. The molecule has 4 heteroatoms. The van der Waals surface area contributed by atoms with Gasteiger partial charge in [-0.3, -0.25) is 0 Å². The molecule has 0 amide bonds. The van der Waals surface area contributed by atoms with Crippen LogP contribution < -0.4 is 10.1 Å². The first kappa shape index (κ1) is 11.8. The zero-order chi connectivity index (χ0) is 11.1. The summed E-state index contributed by atoms with van der Waals surface area (Å²) in [5, 5.41) is 11.9. The topological polar surface area (TPSA) is 55.3 Å². The van der Waals surface area contributed by atoms with Crippen molar-refractivity contribution in [3.8, 4) is 11.5 Å². The number of aromatic hydroxyl groups is 1. The molecule has 1 aromatic rings. The van der Waals surface area contributed by atoms with Gasteiger partial charge in [-0.2, -0.15) is 0 Å². The maximum Gasteiger partial charge on any atom is 0.166 e. The third-order valence-corrected chi connectivity index (χ3v) is 2.19. The molecule has 84 valence electrons. The number of benzene rings is 1. The number of quaternary nitrogens is 1. The first-order valence-electron chi connectivity index (χ1n) is 4.95. The Hall–Kier alpha value is -1.26. The Balaban J connectivity index is 2.53. The van der Waals surface area contributed by atoms with Gasteiger partial charge in [0.25, 0.3) is 0 Å². The SMILES string of the molecule is COCC[NH2+]Cc1cccc(OC)c1O. The fraction of sp³-hybridized carbons (Fsp3) is 0.455. The van der Waals surface area contributed by atoms with E-state index in [4.69, 9.17) is 9.47 Å². The number of phenolic OH excluding ortho intramolecular Hbond substituents is 1. The molecule has 0 heterocycles. The van der Waals surface area contributed by atoms with Gasteiger partial charge in [0, 0.05) is 7.11 Å². The fourth-order valence-electron chi connectivity index (χ4n) is 1.36. The number of rotatable bonds is 6. The fourth-order valence-corrected chi connectivity index (χ4v) is 1.36. The highest BCUT2D eigenvalue weighted by Crippen LogP contribution is 2.28. The summed E-state index contributed by atoms with van der Waals surface area (Å²) in [7, 11) is 3.23. The number of ether oxygens (including phenoxy) is 2. The van der Waals surface area contributed by atoms with Gasteiger partial charge >= 0.3 is 0 Å². The molecular formula is C11H18NO3+. The normalized spacial score (nSPS) is 10.3. The van der Waals surface area contributed by atoms with Gasteiger partial charge in [-0.25, -0.2) is 0 Å². The molecule has 0 aliphatic rings. The summed E-state index contributed by atoms with van der Waals surface area (Å²) in [4.78, 5) is 0. The summed E-state index contributed by atoms with van der Waals surface area (Å²) in [6, 6.07) is 5.51. The Bertz CT molecular complexity index is 302. The minimum absolute atomic E-state index is 0.230. The van der Waals surface area contributed by atoms with Crippen molar-refractivity contribution >= 4 is 0 Å². The van der Waals surface area contributed by atoms with Crippen LogP contribution in [0.3, 0.4) is 0 Å². The van der Waals surface area contributed by atoms with Crippen molar-refractivity contribution < 1.29 is 19.9 Å². The minimum Gasteiger partial charge on any atom is -0.504 e. The van der Waals surface area contributed by atoms with Gasteiger partial charge < -0.3 is 19.9 Å². The largest absolute Gasteiger partial charge is 0.504 e. The first-order valence-corrected chi connectivity index (χ1v) is 4.95. The van der Waals surface area contributed by atoms with Gasteiger partial charge in [0.05, 0.1) is 25.8 Å². The summed E-state index contributed by atoms with van der Waals surface area (Å²) in [6.45, 7) is 2.32. The average molecular weight is 212 g/mol. The van der Waals surface area contributed by atoms with Crippen LogP contribution in [-0.2, 0) is 11.3 Å². The highest BCUT2D eigenvalue weighted by molar-refractivity contribution is 5.44. The second kappa shape index (κ2) is 6.27. The molecular weight excluding hydrogens is 194 g/mol. The number of nitrogens with two attached hydrogens (primary N) is 1. The Morgan fingerprint density at radius 1 is 1.33 bits per heavy atom. The molecule has 0 aliphatic carbocycles. The molecule has 0 fully saturated rings. The Labute approximate surface area is 89.8 Å². The smallest absolute Gasteiger partial charge is 0.166 e. The molecule has 0 atom stereocenters. The van der Waals surface area contributed by atoms with Crippen LogP contribution in [0.25, 0.3) is 0 Å². The molecule has 0 radical (unpaired) electrons. The van der Waals surface area contributed by atoms with E-state index >= 15 is 0 Å². The molecule has 3 N–H and O–H groups in total. The van der Waals surface area contributed by atoms with Crippen LogP contribution in [0.4, 0.5) is 0 Å². The molecule has 4 nitrogen and oxygen atoms in total. The van der Waals surface area contributed by atoms with Gasteiger partial charge in [-0.05, 0) is 12.1 Å². The number of hydrogen-bond acceptors (Lipinski definition) is 3. The van der Waals surface area contributed by atoms with Crippen LogP contribution in [0, 0.1) is 0 Å². The van der Waals surface area contributed by atoms with Crippen molar-refractivity contribution in [2.24, 2.45) is 0 Å². The standard InChI is InChI=1S/C11H17NO3/c1-14-7-6-12-8-9-4-3-5-10(15-2)11(9)13/h3-5,12-13H,6-8H2,1-2H3/p+1. The van der Waals surface area contributed by atoms with Crippen molar-refractivity contribution in [3.63, 3.8) is 0 Å². The van der Waals surface area contributed by atoms with Crippen LogP contribution in [0.5, 0.6) is 11.5 Å². The van der Waals surface area contributed by atoms with E-state index in [0.29, 0.717) is 12.4 Å². The molecule has 0 aliphatic heterocycles. The lowest BCUT2D eigenvalue weighted by molar-refractivity contribution is -0.671. The Kier molecular flexibility index (Phi) is 4.93. The summed E-state index contributed by atoms with van der Waals surface area (Å²) in [5.74, 6) is 0.751. The molecule has 0 saturated heterocycles.